The molecule has 0 spiro atoms. The number of rotatable bonds is 5. The van der Waals surface area contributed by atoms with E-state index in [1.807, 2.05) is 6.92 Å². The zero-order valence-electron chi connectivity index (χ0n) is 13.9. The Kier molecular flexibility index (Phi) is 4.79. The maximum atomic E-state index is 12.5. The Balaban J connectivity index is 1.86. The summed E-state index contributed by atoms with van der Waals surface area (Å²) in [6.45, 7) is 2.24. The van der Waals surface area contributed by atoms with E-state index in [4.69, 9.17) is 13.9 Å². The van der Waals surface area contributed by atoms with Crippen molar-refractivity contribution in [1.82, 2.24) is 0 Å². The summed E-state index contributed by atoms with van der Waals surface area (Å²) in [4.78, 5) is 24.2. The molecule has 2 aromatic carbocycles. The molecule has 0 saturated carbocycles. The van der Waals surface area contributed by atoms with Gasteiger partial charge >= 0.3 is 5.97 Å². The number of aromatic hydroxyl groups is 2. The van der Waals surface area contributed by atoms with Crippen molar-refractivity contribution in [2.45, 2.75) is 13.3 Å². The molecule has 0 radical (unpaired) electrons. The van der Waals surface area contributed by atoms with Crippen LogP contribution in [0.2, 0.25) is 0 Å². The van der Waals surface area contributed by atoms with Gasteiger partial charge in [-0.15, -0.1) is 0 Å². The van der Waals surface area contributed by atoms with Crippen molar-refractivity contribution in [2.75, 3.05) is 6.61 Å². The average molecular weight is 356 g/mol. The zero-order valence-corrected chi connectivity index (χ0v) is 13.9. The summed E-state index contributed by atoms with van der Waals surface area (Å²) in [6.07, 6.45) is 1.82. The highest BCUT2D eigenvalue weighted by atomic mass is 16.5. The van der Waals surface area contributed by atoms with Crippen molar-refractivity contribution in [3.8, 4) is 23.0 Å². The predicted octanol–water partition coefficient (Wildman–Crippen LogP) is 3.56. The number of carbonyl (C=O) groups excluding carboxylic acids is 1. The third kappa shape index (κ3) is 3.46. The monoisotopic (exact) mass is 356 g/mol. The van der Waals surface area contributed by atoms with Gasteiger partial charge in [0, 0.05) is 12.1 Å². The zero-order chi connectivity index (χ0) is 18.7. The molecule has 1 aromatic heterocycles. The molecule has 0 unspecified atom stereocenters. The van der Waals surface area contributed by atoms with E-state index >= 15 is 0 Å². The molecule has 0 aliphatic heterocycles. The Labute approximate surface area is 148 Å². The third-order valence-electron chi connectivity index (χ3n) is 3.57. The van der Waals surface area contributed by atoms with Crippen LogP contribution in [0.4, 0.5) is 0 Å². The van der Waals surface area contributed by atoms with Crippen LogP contribution < -0.4 is 10.2 Å². The number of fused-ring (bicyclic) bond motifs is 1. The molecule has 0 amide bonds. The second-order valence-corrected chi connectivity index (χ2v) is 5.53. The van der Waals surface area contributed by atoms with Crippen molar-refractivity contribution in [3.05, 3.63) is 58.4 Å². The molecule has 3 aromatic rings. The lowest BCUT2D eigenvalue weighted by molar-refractivity contribution is 0.0505. The normalized spacial score (nSPS) is 10.7. The van der Waals surface area contributed by atoms with Gasteiger partial charge in [-0.1, -0.05) is 6.92 Å². The summed E-state index contributed by atoms with van der Waals surface area (Å²) in [5.74, 6) is -0.902. The number of carbonyl (C=O) groups is 1. The van der Waals surface area contributed by atoms with Crippen LogP contribution in [0.3, 0.4) is 0 Å². The highest BCUT2D eigenvalue weighted by molar-refractivity contribution is 5.89. The first-order chi connectivity index (χ1) is 12.5. The largest absolute Gasteiger partial charge is 0.508 e. The Bertz CT molecular complexity index is 1000. The summed E-state index contributed by atoms with van der Waals surface area (Å²) >= 11 is 0. The Morgan fingerprint density at radius 2 is 1.88 bits per heavy atom. The first-order valence-corrected chi connectivity index (χ1v) is 7.92. The maximum absolute atomic E-state index is 12.5. The molecule has 7 nitrogen and oxygen atoms in total. The van der Waals surface area contributed by atoms with E-state index in [0.29, 0.717) is 17.9 Å². The minimum atomic E-state index is -0.588. The van der Waals surface area contributed by atoms with Crippen molar-refractivity contribution >= 4 is 16.9 Å². The molecule has 0 aliphatic carbocycles. The molecule has 2 N–H and O–H groups in total. The molecule has 0 saturated heterocycles. The SMILES string of the molecule is CCCOC(=O)c1ccc(Oc2coc3cc(O)cc(O)c3c2=O)cc1. The van der Waals surface area contributed by atoms with Crippen LogP contribution in [0.1, 0.15) is 23.7 Å². The van der Waals surface area contributed by atoms with E-state index in [1.165, 1.54) is 30.3 Å². The predicted molar refractivity (Wildman–Crippen MR) is 92.9 cm³/mol. The molecule has 1 heterocycles. The maximum Gasteiger partial charge on any atom is 0.338 e. The molecule has 0 aliphatic rings. The van der Waals surface area contributed by atoms with Gasteiger partial charge in [0.05, 0.1) is 12.2 Å². The van der Waals surface area contributed by atoms with E-state index in [9.17, 15) is 19.8 Å². The summed E-state index contributed by atoms with van der Waals surface area (Å²) in [5.41, 5.74) is -0.187. The van der Waals surface area contributed by atoms with Gasteiger partial charge in [-0.2, -0.15) is 0 Å². The average Bonchev–Trinajstić information content (AvgIpc) is 2.62. The lowest BCUT2D eigenvalue weighted by Crippen LogP contribution is -2.06. The first-order valence-electron chi connectivity index (χ1n) is 7.92. The van der Waals surface area contributed by atoms with Crippen LogP contribution >= 0.6 is 0 Å². The summed E-state index contributed by atoms with van der Waals surface area (Å²) in [6, 6.07) is 8.33. The number of ether oxygens (including phenoxy) is 2. The topological polar surface area (TPSA) is 106 Å². The lowest BCUT2D eigenvalue weighted by atomic mass is 10.2. The Morgan fingerprint density at radius 3 is 2.58 bits per heavy atom. The van der Waals surface area contributed by atoms with Crippen molar-refractivity contribution < 1.29 is 28.9 Å². The second kappa shape index (κ2) is 7.18. The molecule has 0 fully saturated rings. The van der Waals surface area contributed by atoms with E-state index < -0.39 is 17.1 Å². The summed E-state index contributed by atoms with van der Waals surface area (Å²) in [7, 11) is 0. The van der Waals surface area contributed by atoms with E-state index in [0.717, 1.165) is 18.8 Å². The second-order valence-electron chi connectivity index (χ2n) is 5.53. The number of hydrogen-bond acceptors (Lipinski definition) is 7. The van der Waals surface area contributed by atoms with Gasteiger partial charge in [-0.05, 0) is 30.7 Å². The molecule has 7 heteroatoms. The minimum absolute atomic E-state index is 0.0360. The number of esters is 1. The smallest absolute Gasteiger partial charge is 0.338 e. The lowest BCUT2D eigenvalue weighted by Gasteiger charge is -2.08. The highest BCUT2D eigenvalue weighted by Crippen LogP contribution is 2.30. The number of hydrogen-bond donors (Lipinski definition) is 2. The summed E-state index contributed by atoms with van der Waals surface area (Å²) < 4.78 is 15.8. The van der Waals surface area contributed by atoms with Gasteiger partial charge in [-0.3, -0.25) is 4.79 Å². The van der Waals surface area contributed by atoms with Crippen LogP contribution in [0.15, 0.2) is 51.9 Å². The molecule has 3 rings (SSSR count). The first kappa shape index (κ1) is 17.3. The van der Waals surface area contributed by atoms with Gasteiger partial charge in [0.2, 0.25) is 11.2 Å². The molecule has 26 heavy (non-hydrogen) atoms. The van der Waals surface area contributed by atoms with Crippen molar-refractivity contribution in [3.63, 3.8) is 0 Å². The van der Waals surface area contributed by atoms with Gasteiger partial charge in [0.25, 0.3) is 0 Å². The van der Waals surface area contributed by atoms with Crippen LogP contribution in [0.25, 0.3) is 11.0 Å². The number of benzene rings is 2. The van der Waals surface area contributed by atoms with Gasteiger partial charge in [0.15, 0.2) is 0 Å². The molecular formula is C19H16O7. The van der Waals surface area contributed by atoms with Crippen LogP contribution in [-0.4, -0.2) is 22.8 Å². The van der Waals surface area contributed by atoms with Gasteiger partial charge in [0.1, 0.15) is 34.5 Å². The van der Waals surface area contributed by atoms with Crippen LogP contribution in [-0.2, 0) is 4.74 Å². The number of phenolic OH excluding ortho intramolecular Hbond substituents is 2. The fourth-order valence-electron chi connectivity index (χ4n) is 2.34. The molecule has 0 atom stereocenters. The summed E-state index contributed by atoms with van der Waals surface area (Å²) in [5, 5.41) is 19.2. The van der Waals surface area contributed by atoms with E-state index in [1.54, 1.807) is 0 Å². The Morgan fingerprint density at radius 1 is 1.15 bits per heavy atom. The standard InChI is InChI=1S/C19H16O7/c1-2-7-24-19(23)11-3-5-13(6-4-11)26-16-10-25-15-9-12(20)8-14(21)17(15)18(16)22/h3-6,8-10,20-21H,2,7H2,1H3. The van der Waals surface area contributed by atoms with E-state index in [2.05, 4.69) is 0 Å². The van der Waals surface area contributed by atoms with Gasteiger partial charge < -0.3 is 24.1 Å². The van der Waals surface area contributed by atoms with Gasteiger partial charge in [-0.25, -0.2) is 4.79 Å². The van der Waals surface area contributed by atoms with Crippen LogP contribution in [0.5, 0.6) is 23.0 Å². The molecule has 0 bridgehead atoms. The van der Waals surface area contributed by atoms with E-state index in [-0.39, 0.29) is 22.5 Å². The fourth-order valence-corrected chi connectivity index (χ4v) is 2.34. The molecular weight excluding hydrogens is 340 g/mol. The molecule has 134 valence electrons. The van der Waals surface area contributed by atoms with Crippen molar-refractivity contribution in [1.29, 1.82) is 0 Å². The quantitative estimate of drug-likeness (QED) is 0.673. The Hall–Kier alpha value is -3.48. The third-order valence-corrected chi connectivity index (χ3v) is 3.57. The highest BCUT2D eigenvalue weighted by Gasteiger charge is 2.14. The fraction of sp³-hybridized carbons (Fsp3) is 0.158. The number of phenols is 2. The van der Waals surface area contributed by atoms with Crippen molar-refractivity contribution in [2.24, 2.45) is 0 Å². The minimum Gasteiger partial charge on any atom is -0.508 e. The van der Waals surface area contributed by atoms with Crippen LogP contribution in [0, 0.1) is 0 Å².